The molecule has 0 unspecified atom stereocenters. The summed E-state index contributed by atoms with van der Waals surface area (Å²) in [6.45, 7) is 9.34. The topological polar surface area (TPSA) is 191 Å². The normalized spacial score (nSPS) is 14.0. The summed E-state index contributed by atoms with van der Waals surface area (Å²) in [5.74, 6) is -1.77. The van der Waals surface area contributed by atoms with Gasteiger partial charge < -0.3 is 25.5 Å². The molecular weight excluding hydrogens is 707 g/mol. The van der Waals surface area contributed by atoms with Gasteiger partial charge in [0.2, 0.25) is 5.96 Å². The summed E-state index contributed by atoms with van der Waals surface area (Å²) in [5.41, 5.74) is 4.47. The van der Waals surface area contributed by atoms with Gasteiger partial charge in [-0.05, 0) is 119 Å². The molecule has 6 N–H and O–H groups in total. The molecule has 1 amide bonds. The Balaban J connectivity index is 1.14. The van der Waals surface area contributed by atoms with Crippen LogP contribution in [-0.4, -0.2) is 54.5 Å². The third-order valence-corrected chi connectivity index (χ3v) is 11.7. The molecule has 12 nitrogen and oxygen atoms in total. The van der Waals surface area contributed by atoms with Crippen LogP contribution >= 0.6 is 0 Å². The first-order valence-electron chi connectivity index (χ1n) is 18.1. The van der Waals surface area contributed by atoms with E-state index >= 15 is 0 Å². The van der Waals surface area contributed by atoms with E-state index in [4.69, 9.17) is 10.1 Å². The number of hydrogen-bond acceptors (Lipinski definition) is 7. The van der Waals surface area contributed by atoms with Crippen LogP contribution in [0.25, 0.3) is 0 Å². The number of hydrogen-bond donors (Lipinski definition) is 6. The molecule has 5 rings (SSSR count). The smallest absolute Gasteiger partial charge is 0.326 e. The highest BCUT2D eigenvalue weighted by atomic mass is 32.2. The first-order valence-corrected chi connectivity index (χ1v) is 19.6. The number of amides is 1. The molecule has 0 saturated carbocycles. The van der Waals surface area contributed by atoms with Gasteiger partial charge in [0.25, 0.3) is 21.5 Å². The molecule has 0 bridgehead atoms. The van der Waals surface area contributed by atoms with Gasteiger partial charge >= 0.3 is 5.97 Å². The second-order valence-electron chi connectivity index (χ2n) is 14.4. The average molecular weight is 756 g/mol. The number of ether oxygens (including phenoxy) is 1. The van der Waals surface area contributed by atoms with Gasteiger partial charge in [-0.1, -0.05) is 60.7 Å². The number of guanidine groups is 1. The van der Waals surface area contributed by atoms with Crippen molar-refractivity contribution in [1.29, 1.82) is 5.41 Å². The number of rotatable bonds is 14. The molecule has 1 aliphatic rings. The van der Waals surface area contributed by atoms with Crippen molar-refractivity contribution in [2.75, 3.05) is 6.54 Å². The van der Waals surface area contributed by atoms with Gasteiger partial charge in [0, 0.05) is 18.2 Å². The fourth-order valence-corrected chi connectivity index (χ4v) is 8.55. The Morgan fingerprint density at radius 2 is 1.56 bits per heavy atom. The summed E-state index contributed by atoms with van der Waals surface area (Å²) in [4.78, 5) is 40.9. The van der Waals surface area contributed by atoms with E-state index in [0.29, 0.717) is 41.8 Å². The number of benzene rings is 3. The van der Waals surface area contributed by atoms with Crippen molar-refractivity contribution < 1.29 is 27.9 Å². The number of carbonyl (C=O) groups excluding carboxylic acids is 1. The van der Waals surface area contributed by atoms with Crippen molar-refractivity contribution in [3.63, 3.8) is 0 Å². The van der Waals surface area contributed by atoms with Crippen LogP contribution in [0.1, 0.15) is 94.9 Å². The summed E-state index contributed by atoms with van der Waals surface area (Å²) in [5, 5.41) is 23.2. The van der Waals surface area contributed by atoms with Gasteiger partial charge in [-0.25, -0.2) is 17.9 Å². The quantitative estimate of drug-likeness (QED) is 0.0542. The predicted molar refractivity (Wildman–Crippen MR) is 208 cm³/mol. The van der Waals surface area contributed by atoms with Crippen molar-refractivity contribution in [3.05, 3.63) is 128 Å². The lowest BCUT2D eigenvalue weighted by molar-refractivity contribution is -0.139. The van der Waals surface area contributed by atoms with Crippen LogP contribution in [0.5, 0.6) is 5.75 Å². The molecule has 3 aromatic carbocycles. The van der Waals surface area contributed by atoms with Crippen molar-refractivity contribution in [3.8, 4) is 5.75 Å². The summed E-state index contributed by atoms with van der Waals surface area (Å²) < 4.78 is 35.5. The van der Waals surface area contributed by atoms with Crippen LogP contribution < -0.4 is 25.7 Å². The van der Waals surface area contributed by atoms with E-state index in [9.17, 15) is 27.9 Å². The molecule has 0 fully saturated rings. The largest absolute Gasteiger partial charge is 0.487 e. The van der Waals surface area contributed by atoms with Crippen LogP contribution in [0.4, 0.5) is 0 Å². The molecule has 0 spiro atoms. The first-order chi connectivity index (χ1) is 25.6. The number of aromatic amines is 1. The fraction of sp³-hybridized carbons (Fsp3) is 0.366. The van der Waals surface area contributed by atoms with Crippen LogP contribution in [0, 0.1) is 26.2 Å². The van der Waals surface area contributed by atoms with Gasteiger partial charge in [-0.2, -0.15) is 0 Å². The van der Waals surface area contributed by atoms with Crippen LogP contribution in [0.15, 0.2) is 82.5 Å². The van der Waals surface area contributed by atoms with Crippen molar-refractivity contribution >= 4 is 27.9 Å². The number of aliphatic carboxylic acids is 1. The highest BCUT2D eigenvalue weighted by molar-refractivity contribution is 7.90. The van der Waals surface area contributed by atoms with E-state index in [0.717, 1.165) is 28.7 Å². The van der Waals surface area contributed by atoms with Crippen LogP contribution in [0.2, 0.25) is 0 Å². The number of nitrogens with one attached hydrogen (secondary N) is 5. The summed E-state index contributed by atoms with van der Waals surface area (Å²) in [7, 11) is -4.14. The van der Waals surface area contributed by atoms with Gasteiger partial charge in [0.05, 0.1) is 4.90 Å². The Hall–Kier alpha value is -5.43. The summed E-state index contributed by atoms with van der Waals surface area (Å²) in [6.07, 6.45) is 2.79. The Kier molecular flexibility index (Phi) is 12.3. The van der Waals surface area contributed by atoms with E-state index in [1.807, 2.05) is 57.2 Å². The Morgan fingerprint density at radius 3 is 2.15 bits per heavy atom. The molecule has 1 aliphatic heterocycles. The number of carbonyl (C=O) groups is 2. The lowest BCUT2D eigenvalue weighted by Gasteiger charge is -2.35. The average Bonchev–Trinajstić information content (AvgIpc) is 3.12. The number of carboxylic acids is 1. The van der Waals surface area contributed by atoms with Gasteiger partial charge in [-0.15, -0.1) is 0 Å². The summed E-state index contributed by atoms with van der Waals surface area (Å²) in [6, 6.07) is 21.9. The van der Waals surface area contributed by atoms with Gasteiger partial charge in [0.15, 0.2) is 0 Å². The highest BCUT2D eigenvalue weighted by Crippen LogP contribution is 2.42. The van der Waals surface area contributed by atoms with E-state index in [1.165, 1.54) is 6.07 Å². The van der Waals surface area contributed by atoms with Gasteiger partial charge in [0.1, 0.15) is 23.0 Å². The lowest BCUT2D eigenvalue weighted by Crippen LogP contribution is -2.44. The zero-order valence-electron chi connectivity index (χ0n) is 31.3. The number of sulfonamides is 1. The predicted octanol–water partition coefficient (Wildman–Crippen LogP) is 5.63. The minimum absolute atomic E-state index is 0.0387. The molecule has 54 heavy (non-hydrogen) atoms. The number of pyridine rings is 1. The second-order valence-corrected chi connectivity index (χ2v) is 16.0. The SMILES string of the molecule is Cc1c(C)c(S(=O)(=O)NC(=N)NCCC[C@H](NC(=O)c2ccc(CCC(c3ccccc3)c3ccccc3)[nH]c2=O)C(=O)O)c(C)c2c1OC(C)(C)CC2. The molecule has 4 aromatic rings. The standard InChI is InChI=1S/C41H49N5O7S/c1-25-26(2)36(27(3)31-22-23-41(4,5)53-35(25)31)54(51,52)46-40(42)43-24-12-17-34(39(49)50)45-38(48)33-21-19-30(44-37(33)47)18-20-32(28-13-8-6-9-14-28)29-15-10-7-11-16-29/h6-11,13-16,19,21,32,34H,12,17-18,20,22-24H2,1-5H3,(H,44,47)(H,45,48)(H,49,50)(H3,42,43,46)/t34-/m0/s1. The molecule has 13 heteroatoms. The molecule has 0 aliphatic carbocycles. The molecule has 1 aromatic heterocycles. The van der Waals surface area contributed by atoms with Crippen molar-refractivity contribution in [2.45, 2.75) is 95.6 Å². The Morgan fingerprint density at radius 1 is 0.926 bits per heavy atom. The van der Waals surface area contributed by atoms with E-state index < -0.39 is 39.5 Å². The van der Waals surface area contributed by atoms with E-state index in [2.05, 4.69) is 44.6 Å². The lowest BCUT2D eigenvalue weighted by atomic mass is 9.87. The second kappa shape index (κ2) is 16.7. The monoisotopic (exact) mass is 755 g/mol. The molecular formula is C41H49N5O7S. The third kappa shape index (κ3) is 9.37. The van der Waals surface area contributed by atoms with Crippen LogP contribution in [0.3, 0.4) is 0 Å². The van der Waals surface area contributed by atoms with E-state index in [-0.39, 0.29) is 41.4 Å². The maximum Gasteiger partial charge on any atom is 0.326 e. The zero-order chi connectivity index (χ0) is 39.2. The fourth-order valence-electron chi connectivity index (χ4n) is 7.02. The Labute approximate surface area is 316 Å². The molecule has 2 heterocycles. The maximum atomic E-state index is 13.5. The first kappa shape index (κ1) is 39.8. The minimum atomic E-state index is -4.14. The zero-order valence-corrected chi connectivity index (χ0v) is 32.2. The number of H-pyrrole nitrogens is 1. The number of aromatic nitrogens is 1. The third-order valence-electron chi connectivity index (χ3n) is 10.1. The maximum absolute atomic E-state index is 13.5. The molecule has 286 valence electrons. The number of aryl methyl sites for hydroxylation is 1. The molecule has 0 saturated heterocycles. The summed E-state index contributed by atoms with van der Waals surface area (Å²) >= 11 is 0. The van der Waals surface area contributed by atoms with Crippen molar-refractivity contribution in [1.82, 2.24) is 20.3 Å². The van der Waals surface area contributed by atoms with E-state index in [1.54, 1.807) is 19.9 Å². The molecule has 1 atom stereocenters. The van der Waals surface area contributed by atoms with Crippen molar-refractivity contribution in [2.24, 2.45) is 0 Å². The molecule has 0 radical (unpaired) electrons. The van der Waals surface area contributed by atoms with Gasteiger partial charge in [-0.3, -0.25) is 15.0 Å². The Bertz CT molecular complexity index is 2150. The number of carboxylic acid groups (broad SMARTS) is 1. The minimum Gasteiger partial charge on any atom is -0.487 e. The highest BCUT2D eigenvalue weighted by Gasteiger charge is 2.34. The van der Waals surface area contributed by atoms with Crippen LogP contribution in [-0.2, 0) is 27.7 Å². The number of fused-ring (bicyclic) bond motifs is 1.